The Morgan fingerprint density at radius 3 is 2.56 bits per heavy atom. The first-order chi connectivity index (χ1) is 4.34. The number of halogens is 1. The van der Waals surface area contributed by atoms with E-state index in [2.05, 4.69) is 0 Å². The summed E-state index contributed by atoms with van der Waals surface area (Å²) in [5.74, 6) is 0. The Morgan fingerprint density at radius 1 is 1.44 bits per heavy atom. The molecule has 1 saturated heterocycles. The third-order valence-corrected chi connectivity index (χ3v) is 1.47. The van der Waals surface area contributed by atoms with Crippen molar-refractivity contribution in [2.75, 3.05) is 19.9 Å². The standard InChI is InChI=1S/C6H11FO2/c1-5-6(4-7)9-3-2-8-5/h5-6H,2-4H2,1H3. The van der Waals surface area contributed by atoms with Crippen LogP contribution in [0.1, 0.15) is 6.92 Å². The van der Waals surface area contributed by atoms with Crippen LogP contribution in [0.3, 0.4) is 0 Å². The summed E-state index contributed by atoms with van der Waals surface area (Å²) in [4.78, 5) is 0. The summed E-state index contributed by atoms with van der Waals surface area (Å²) in [5, 5.41) is 0. The molecule has 1 aliphatic rings. The van der Waals surface area contributed by atoms with E-state index in [9.17, 15) is 4.39 Å². The van der Waals surface area contributed by atoms with E-state index in [0.29, 0.717) is 13.2 Å². The predicted molar refractivity (Wildman–Crippen MR) is 31.1 cm³/mol. The molecule has 54 valence electrons. The maximum Gasteiger partial charge on any atom is 0.118 e. The van der Waals surface area contributed by atoms with Crippen LogP contribution in [0.25, 0.3) is 0 Å². The fraction of sp³-hybridized carbons (Fsp3) is 1.00. The number of alkyl halides is 1. The molecule has 2 unspecified atom stereocenters. The van der Waals surface area contributed by atoms with Crippen molar-refractivity contribution >= 4 is 0 Å². The van der Waals surface area contributed by atoms with Crippen molar-refractivity contribution in [1.29, 1.82) is 0 Å². The van der Waals surface area contributed by atoms with Crippen LogP contribution in [0.2, 0.25) is 0 Å². The van der Waals surface area contributed by atoms with Gasteiger partial charge in [-0.3, -0.25) is 0 Å². The molecule has 0 aliphatic carbocycles. The lowest BCUT2D eigenvalue weighted by Crippen LogP contribution is -2.37. The normalized spacial score (nSPS) is 36.7. The maximum atomic E-state index is 11.9. The summed E-state index contributed by atoms with van der Waals surface area (Å²) < 4.78 is 22.1. The summed E-state index contributed by atoms with van der Waals surface area (Å²) in [5.41, 5.74) is 0. The Kier molecular flexibility index (Phi) is 2.42. The van der Waals surface area contributed by atoms with Crippen LogP contribution in [-0.4, -0.2) is 32.1 Å². The van der Waals surface area contributed by atoms with Gasteiger partial charge in [0.1, 0.15) is 12.8 Å². The largest absolute Gasteiger partial charge is 0.373 e. The zero-order valence-electron chi connectivity index (χ0n) is 5.47. The fourth-order valence-corrected chi connectivity index (χ4v) is 0.846. The van der Waals surface area contributed by atoms with Crippen molar-refractivity contribution < 1.29 is 13.9 Å². The molecular formula is C6H11FO2. The first kappa shape index (κ1) is 6.96. The summed E-state index contributed by atoms with van der Waals surface area (Å²) in [6.07, 6.45) is -0.414. The summed E-state index contributed by atoms with van der Waals surface area (Å²) >= 11 is 0. The van der Waals surface area contributed by atoms with E-state index in [0.717, 1.165) is 0 Å². The van der Waals surface area contributed by atoms with Crippen LogP contribution in [0.5, 0.6) is 0 Å². The first-order valence-electron chi connectivity index (χ1n) is 3.13. The highest BCUT2D eigenvalue weighted by Crippen LogP contribution is 2.09. The number of hydrogen-bond donors (Lipinski definition) is 0. The lowest BCUT2D eigenvalue weighted by Gasteiger charge is -2.26. The second kappa shape index (κ2) is 3.13. The quantitative estimate of drug-likeness (QED) is 0.527. The molecule has 0 bridgehead atoms. The van der Waals surface area contributed by atoms with Crippen LogP contribution in [-0.2, 0) is 9.47 Å². The van der Waals surface area contributed by atoms with Crippen molar-refractivity contribution in [2.45, 2.75) is 19.1 Å². The van der Waals surface area contributed by atoms with Crippen molar-refractivity contribution in [3.8, 4) is 0 Å². The minimum absolute atomic E-state index is 0.0799. The third-order valence-electron chi connectivity index (χ3n) is 1.47. The minimum atomic E-state index is -0.443. The third kappa shape index (κ3) is 1.63. The zero-order valence-corrected chi connectivity index (χ0v) is 5.47. The van der Waals surface area contributed by atoms with Gasteiger partial charge in [0.25, 0.3) is 0 Å². The van der Waals surface area contributed by atoms with E-state index < -0.39 is 6.67 Å². The van der Waals surface area contributed by atoms with Gasteiger partial charge >= 0.3 is 0 Å². The zero-order chi connectivity index (χ0) is 6.69. The molecule has 2 nitrogen and oxygen atoms in total. The Hall–Kier alpha value is -0.150. The maximum absolute atomic E-state index is 11.9. The summed E-state index contributed by atoms with van der Waals surface area (Å²) in [6, 6.07) is 0. The van der Waals surface area contributed by atoms with E-state index in [4.69, 9.17) is 9.47 Å². The first-order valence-corrected chi connectivity index (χ1v) is 3.13. The highest BCUT2D eigenvalue weighted by atomic mass is 19.1. The fourth-order valence-electron chi connectivity index (χ4n) is 0.846. The molecule has 0 aromatic rings. The lowest BCUT2D eigenvalue weighted by atomic mass is 10.2. The van der Waals surface area contributed by atoms with Crippen LogP contribution in [0.15, 0.2) is 0 Å². The van der Waals surface area contributed by atoms with Crippen molar-refractivity contribution in [3.63, 3.8) is 0 Å². The SMILES string of the molecule is CC1OCCOC1CF. The van der Waals surface area contributed by atoms with Gasteiger partial charge < -0.3 is 9.47 Å². The molecule has 0 radical (unpaired) electrons. The molecule has 1 fully saturated rings. The molecule has 0 spiro atoms. The molecule has 1 aliphatic heterocycles. The lowest BCUT2D eigenvalue weighted by molar-refractivity contribution is -0.137. The number of rotatable bonds is 1. The van der Waals surface area contributed by atoms with Gasteiger partial charge in [0, 0.05) is 0 Å². The predicted octanol–water partition coefficient (Wildman–Crippen LogP) is 0.760. The highest BCUT2D eigenvalue weighted by molar-refractivity contribution is 4.67. The van der Waals surface area contributed by atoms with Crippen LogP contribution >= 0.6 is 0 Å². The molecular weight excluding hydrogens is 123 g/mol. The average molecular weight is 134 g/mol. The molecule has 9 heavy (non-hydrogen) atoms. The molecule has 0 amide bonds. The van der Waals surface area contributed by atoms with E-state index in [-0.39, 0.29) is 12.2 Å². The minimum Gasteiger partial charge on any atom is -0.373 e. The number of ether oxygens (including phenoxy) is 2. The summed E-state index contributed by atoms with van der Waals surface area (Å²) in [6.45, 7) is 2.50. The average Bonchev–Trinajstić information content (AvgIpc) is 1.89. The highest BCUT2D eigenvalue weighted by Gasteiger charge is 2.21. The van der Waals surface area contributed by atoms with Crippen molar-refractivity contribution in [1.82, 2.24) is 0 Å². The molecule has 3 heteroatoms. The Morgan fingerprint density at radius 2 is 2.11 bits per heavy atom. The molecule has 1 heterocycles. The van der Waals surface area contributed by atoms with E-state index >= 15 is 0 Å². The van der Waals surface area contributed by atoms with E-state index in [1.165, 1.54) is 0 Å². The van der Waals surface area contributed by atoms with Gasteiger partial charge in [0.2, 0.25) is 0 Å². The van der Waals surface area contributed by atoms with Gasteiger partial charge in [0.15, 0.2) is 0 Å². The Balaban J connectivity index is 2.30. The Labute approximate surface area is 54.0 Å². The number of hydrogen-bond acceptors (Lipinski definition) is 2. The monoisotopic (exact) mass is 134 g/mol. The molecule has 0 aromatic heterocycles. The van der Waals surface area contributed by atoms with E-state index in [1.54, 1.807) is 0 Å². The summed E-state index contributed by atoms with van der Waals surface area (Å²) in [7, 11) is 0. The van der Waals surface area contributed by atoms with Crippen LogP contribution < -0.4 is 0 Å². The van der Waals surface area contributed by atoms with Crippen molar-refractivity contribution in [3.05, 3.63) is 0 Å². The molecule has 2 atom stereocenters. The van der Waals surface area contributed by atoms with Crippen LogP contribution in [0.4, 0.5) is 4.39 Å². The molecule has 1 rings (SSSR count). The second-order valence-electron chi connectivity index (χ2n) is 2.14. The van der Waals surface area contributed by atoms with Crippen molar-refractivity contribution in [2.24, 2.45) is 0 Å². The van der Waals surface area contributed by atoms with Gasteiger partial charge in [-0.1, -0.05) is 0 Å². The van der Waals surface area contributed by atoms with E-state index in [1.807, 2.05) is 6.92 Å². The van der Waals surface area contributed by atoms with Gasteiger partial charge in [-0.15, -0.1) is 0 Å². The smallest absolute Gasteiger partial charge is 0.118 e. The Bertz CT molecular complexity index is 87.1. The van der Waals surface area contributed by atoms with Gasteiger partial charge in [0.05, 0.1) is 19.3 Å². The molecule has 0 N–H and O–H groups in total. The van der Waals surface area contributed by atoms with Gasteiger partial charge in [-0.2, -0.15) is 0 Å². The van der Waals surface area contributed by atoms with Crippen LogP contribution in [0, 0.1) is 0 Å². The van der Waals surface area contributed by atoms with Gasteiger partial charge in [-0.25, -0.2) is 4.39 Å². The topological polar surface area (TPSA) is 18.5 Å². The molecule has 0 saturated carbocycles. The molecule has 0 aromatic carbocycles. The second-order valence-corrected chi connectivity index (χ2v) is 2.14. The van der Waals surface area contributed by atoms with Gasteiger partial charge in [-0.05, 0) is 6.92 Å².